The molecule has 1 aromatic carbocycles. The van der Waals surface area contributed by atoms with Crippen LogP contribution in [0, 0.1) is 0 Å². The molecule has 0 aliphatic heterocycles. The van der Waals surface area contributed by atoms with Crippen molar-refractivity contribution in [3.05, 3.63) is 51.7 Å². The van der Waals surface area contributed by atoms with E-state index in [4.69, 9.17) is 0 Å². The van der Waals surface area contributed by atoms with Gasteiger partial charge >= 0.3 is 5.97 Å². The molecule has 5 nitrogen and oxygen atoms in total. The summed E-state index contributed by atoms with van der Waals surface area (Å²) in [7, 11) is 1.28. The van der Waals surface area contributed by atoms with Crippen molar-refractivity contribution >= 4 is 34.7 Å². The van der Waals surface area contributed by atoms with Crippen LogP contribution in [0.4, 0.5) is 5.69 Å². The number of carbonyl (C=O) groups is 3. The number of carbonyl (C=O) groups excluding carboxylic acids is 3. The summed E-state index contributed by atoms with van der Waals surface area (Å²) in [6.45, 7) is 1.44. The molecular weight excluding hydrogens is 290 g/mol. The lowest BCUT2D eigenvalue weighted by Gasteiger charge is -2.08. The Hall–Kier alpha value is -2.47. The minimum absolute atomic E-state index is 0.0889. The first-order valence-electron chi connectivity index (χ1n) is 6.12. The quantitative estimate of drug-likeness (QED) is 0.696. The zero-order valence-electron chi connectivity index (χ0n) is 11.5. The molecule has 0 aliphatic rings. The molecule has 0 saturated heterocycles. The van der Waals surface area contributed by atoms with Gasteiger partial charge in [0.1, 0.15) is 0 Å². The van der Waals surface area contributed by atoms with Crippen molar-refractivity contribution in [2.45, 2.75) is 6.92 Å². The lowest BCUT2D eigenvalue weighted by molar-refractivity contribution is 0.0602. The maximum atomic E-state index is 12.1. The van der Waals surface area contributed by atoms with Gasteiger partial charge in [0.2, 0.25) is 0 Å². The van der Waals surface area contributed by atoms with Gasteiger partial charge in [-0.3, -0.25) is 9.59 Å². The first kappa shape index (κ1) is 14.9. The van der Waals surface area contributed by atoms with E-state index < -0.39 is 5.97 Å². The maximum Gasteiger partial charge on any atom is 0.339 e. The summed E-state index contributed by atoms with van der Waals surface area (Å²) in [6.07, 6.45) is 0. The fraction of sp³-hybridized carbons (Fsp3) is 0.133. The van der Waals surface area contributed by atoms with Crippen molar-refractivity contribution in [1.82, 2.24) is 0 Å². The Labute approximate surface area is 125 Å². The highest BCUT2D eigenvalue weighted by Crippen LogP contribution is 2.21. The van der Waals surface area contributed by atoms with Gasteiger partial charge in [-0.05, 0) is 31.2 Å². The van der Waals surface area contributed by atoms with Gasteiger partial charge in [0.25, 0.3) is 5.91 Å². The van der Waals surface area contributed by atoms with E-state index in [9.17, 15) is 14.4 Å². The summed E-state index contributed by atoms with van der Waals surface area (Å²) in [5.41, 5.74) is 0.642. The minimum Gasteiger partial charge on any atom is -0.465 e. The number of anilines is 1. The summed E-state index contributed by atoms with van der Waals surface area (Å²) in [5.74, 6) is -0.987. The Morgan fingerprint density at radius 1 is 1.05 bits per heavy atom. The van der Waals surface area contributed by atoms with Gasteiger partial charge in [-0.2, -0.15) is 0 Å². The molecule has 0 bridgehead atoms. The van der Waals surface area contributed by atoms with Gasteiger partial charge in [0.05, 0.1) is 28.1 Å². The number of rotatable bonds is 4. The van der Waals surface area contributed by atoms with E-state index in [1.54, 1.807) is 36.4 Å². The molecule has 0 spiro atoms. The minimum atomic E-state index is -0.526. The SMILES string of the molecule is COC(=O)c1ccccc1NC(=O)c1ccc(C(C)=O)s1. The van der Waals surface area contributed by atoms with Gasteiger partial charge in [-0.15, -0.1) is 11.3 Å². The molecule has 0 unspecified atom stereocenters. The number of ether oxygens (including phenoxy) is 1. The van der Waals surface area contributed by atoms with Crippen molar-refractivity contribution in [2.24, 2.45) is 0 Å². The molecular formula is C15H13NO4S. The van der Waals surface area contributed by atoms with E-state index in [1.807, 2.05) is 0 Å². The van der Waals surface area contributed by atoms with Crippen molar-refractivity contribution in [2.75, 3.05) is 12.4 Å². The Bertz CT molecular complexity index is 705. The predicted molar refractivity (Wildman–Crippen MR) is 80.1 cm³/mol. The van der Waals surface area contributed by atoms with Crippen LogP contribution in [0.25, 0.3) is 0 Å². The van der Waals surface area contributed by atoms with E-state index in [1.165, 1.54) is 14.0 Å². The summed E-state index contributed by atoms with van der Waals surface area (Å²) in [4.78, 5) is 35.9. The zero-order chi connectivity index (χ0) is 15.4. The van der Waals surface area contributed by atoms with Gasteiger partial charge in [0.15, 0.2) is 5.78 Å². The number of ketones is 1. The highest BCUT2D eigenvalue weighted by Gasteiger charge is 2.16. The molecule has 0 aliphatic carbocycles. The molecule has 2 rings (SSSR count). The summed E-state index contributed by atoms with van der Waals surface area (Å²) < 4.78 is 4.67. The molecule has 6 heteroatoms. The Kier molecular flexibility index (Phi) is 4.49. The van der Waals surface area contributed by atoms with E-state index in [0.29, 0.717) is 15.4 Å². The van der Waals surface area contributed by atoms with E-state index in [0.717, 1.165) is 11.3 Å². The second-order valence-electron chi connectivity index (χ2n) is 4.21. The summed E-state index contributed by atoms with van der Waals surface area (Å²) >= 11 is 1.11. The molecule has 1 heterocycles. The fourth-order valence-corrected chi connectivity index (χ4v) is 2.51. The number of amides is 1. The number of Topliss-reactive ketones (excluding diaryl/α,β-unsaturated/α-hetero) is 1. The van der Waals surface area contributed by atoms with Gasteiger partial charge in [0, 0.05) is 0 Å². The summed E-state index contributed by atoms with van der Waals surface area (Å²) in [6, 6.07) is 9.75. The second kappa shape index (κ2) is 6.32. The number of methoxy groups -OCH3 is 1. The maximum absolute atomic E-state index is 12.1. The highest BCUT2D eigenvalue weighted by molar-refractivity contribution is 7.16. The molecule has 0 radical (unpaired) electrons. The molecule has 0 saturated carbocycles. The number of para-hydroxylation sites is 1. The molecule has 2 aromatic rings. The van der Waals surface area contributed by atoms with E-state index >= 15 is 0 Å². The van der Waals surface area contributed by atoms with Crippen molar-refractivity contribution in [1.29, 1.82) is 0 Å². The fourth-order valence-electron chi connectivity index (χ4n) is 1.71. The van der Waals surface area contributed by atoms with Crippen LogP contribution < -0.4 is 5.32 Å². The first-order chi connectivity index (χ1) is 10.0. The third-order valence-corrected chi connectivity index (χ3v) is 3.94. The van der Waals surface area contributed by atoms with Crippen molar-refractivity contribution in [3.8, 4) is 0 Å². The average molecular weight is 303 g/mol. The highest BCUT2D eigenvalue weighted by atomic mass is 32.1. The van der Waals surface area contributed by atoms with Crippen LogP contribution in [0.3, 0.4) is 0 Å². The standard InChI is InChI=1S/C15H13NO4S/c1-9(17)12-7-8-13(21-12)14(18)16-11-6-4-3-5-10(11)15(19)20-2/h3-8H,1-2H3,(H,16,18). The second-order valence-corrected chi connectivity index (χ2v) is 5.30. The summed E-state index contributed by atoms with van der Waals surface area (Å²) in [5, 5.41) is 2.65. The van der Waals surface area contributed by atoms with E-state index in [2.05, 4.69) is 10.1 Å². The van der Waals surface area contributed by atoms with Crippen molar-refractivity contribution in [3.63, 3.8) is 0 Å². The van der Waals surface area contributed by atoms with Crippen molar-refractivity contribution < 1.29 is 19.1 Å². The third kappa shape index (κ3) is 3.35. The zero-order valence-corrected chi connectivity index (χ0v) is 12.3. The predicted octanol–water partition coefficient (Wildman–Crippen LogP) is 2.99. The van der Waals surface area contributed by atoms with Crippen LogP contribution in [0.5, 0.6) is 0 Å². The monoisotopic (exact) mass is 303 g/mol. The van der Waals surface area contributed by atoms with Gasteiger partial charge in [-0.25, -0.2) is 4.79 Å². The van der Waals surface area contributed by atoms with Gasteiger partial charge < -0.3 is 10.1 Å². The smallest absolute Gasteiger partial charge is 0.339 e. The number of benzene rings is 1. The number of hydrogen-bond donors (Lipinski definition) is 1. The normalized spacial score (nSPS) is 10.0. The largest absolute Gasteiger partial charge is 0.465 e. The molecule has 108 valence electrons. The molecule has 1 N–H and O–H groups in total. The van der Waals surface area contributed by atoms with E-state index in [-0.39, 0.29) is 17.3 Å². The lowest BCUT2D eigenvalue weighted by atomic mass is 10.2. The van der Waals surface area contributed by atoms with Crippen LogP contribution >= 0.6 is 11.3 Å². The molecule has 0 fully saturated rings. The van der Waals surface area contributed by atoms with Crippen LogP contribution in [0.2, 0.25) is 0 Å². The lowest BCUT2D eigenvalue weighted by Crippen LogP contribution is -2.14. The Morgan fingerprint density at radius 3 is 2.33 bits per heavy atom. The Morgan fingerprint density at radius 2 is 1.71 bits per heavy atom. The molecule has 0 atom stereocenters. The van der Waals surface area contributed by atoms with Gasteiger partial charge in [-0.1, -0.05) is 12.1 Å². The first-order valence-corrected chi connectivity index (χ1v) is 6.94. The number of esters is 1. The van der Waals surface area contributed by atoms with Crippen LogP contribution in [0.15, 0.2) is 36.4 Å². The average Bonchev–Trinajstić information content (AvgIpc) is 2.97. The number of hydrogen-bond acceptors (Lipinski definition) is 5. The number of nitrogens with one attached hydrogen (secondary N) is 1. The number of thiophene rings is 1. The molecule has 1 aromatic heterocycles. The Balaban J connectivity index is 2.23. The molecule has 1 amide bonds. The topological polar surface area (TPSA) is 72.5 Å². The van der Waals surface area contributed by atoms with Crippen LogP contribution in [0.1, 0.15) is 36.6 Å². The third-order valence-electron chi connectivity index (χ3n) is 2.76. The van der Waals surface area contributed by atoms with Crippen LogP contribution in [-0.2, 0) is 4.74 Å². The molecule has 21 heavy (non-hydrogen) atoms. The van der Waals surface area contributed by atoms with Crippen LogP contribution in [-0.4, -0.2) is 24.8 Å².